The SMILES string of the molecule is O=C(COCc1nc2ccc(F)cc2[nH]1)NCCn1ccnn1. The second-order valence-corrected chi connectivity index (χ2v) is 4.85. The molecule has 9 heteroatoms. The first-order valence-electron chi connectivity index (χ1n) is 7.03. The molecule has 8 nitrogen and oxygen atoms in total. The number of ether oxygens (including phenoxy) is 1. The van der Waals surface area contributed by atoms with Gasteiger partial charge in [-0.25, -0.2) is 9.37 Å². The summed E-state index contributed by atoms with van der Waals surface area (Å²) in [5.41, 5.74) is 1.25. The van der Waals surface area contributed by atoms with Gasteiger partial charge in [0.1, 0.15) is 24.9 Å². The largest absolute Gasteiger partial charge is 0.364 e. The number of nitrogens with one attached hydrogen (secondary N) is 2. The highest BCUT2D eigenvalue weighted by Crippen LogP contribution is 2.13. The van der Waals surface area contributed by atoms with Gasteiger partial charge in [0, 0.05) is 12.7 Å². The molecule has 23 heavy (non-hydrogen) atoms. The number of nitrogens with zero attached hydrogens (tertiary/aromatic N) is 4. The lowest BCUT2D eigenvalue weighted by Crippen LogP contribution is -2.30. The lowest BCUT2D eigenvalue weighted by Gasteiger charge is -2.05. The first-order chi connectivity index (χ1) is 11.2. The number of carbonyl (C=O) groups is 1. The summed E-state index contributed by atoms with van der Waals surface area (Å²) in [6.07, 6.45) is 3.29. The molecule has 0 saturated heterocycles. The van der Waals surface area contributed by atoms with Gasteiger partial charge < -0.3 is 15.0 Å². The number of carbonyl (C=O) groups excluding carboxylic acids is 1. The molecule has 2 aromatic heterocycles. The minimum Gasteiger partial charge on any atom is -0.364 e. The van der Waals surface area contributed by atoms with E-state index < -0.39 is 0 Å². The first kappa shape index (κ1) is 15.1. The summed E-state index contributed by atoms with van der Waals surface area (Å²) >= 11 is 0. The Kier molecular flexibility index (Phi) is 4.57. The molecule has 0 fully saturated rings. The maximum Gasteiger partial charge on any atom is 0.246 e. The van der Waals surface area contributed by atoms with Crippen molar-refractivity contribution in [2.24, 2.45) is 0 Å². The van der Waals surface area contributed by atoms with Crippen LogP contribution in [0.5, 0.6) is 0 Å². The molecular formula is C14H15FN6O2. The van der Waals surface area contributed by atoms with Gasteiger partial charge in [-0.05, 0) is 18.2 Å². The number of hydrogen-bond acceptors (Lipinski definition) is 5. The van der Waals surface area contributed by atoms with E-state index in [9.17, 15) is 9.18 Å². The Morgan fingerprint density at radius 3 is 3.17 bits per heavy atom. The summed E-state index contributed by atoms with van der Waals surface area (Å²) in [5, 5.41) is 10.2. The molecule has 0 saturated carbocycles. The third kappa shape index (κ3) is 4.10. The highest BCUT2D eigenvalue weighted by molar-refractivity contribution is 5.77. The van der Waals surface area contributed by atoms with E-state index in [1.807, 2.05) is 0 Å². The summed E-state index contributed by atoms with van der Waals surface area (Å²) in [6.45, 7) is 1.05. The molecule has 0 unspecified atom stereocenters. The van der Waals surface area contributed by atoms with Crippen LogP contribution in [0.25, 0.3) is 11.0 Å². The molecule has 1 aromatic carbocycles. The van der Waals surface area contributed by atoms with E-state index in [1.165, 1.54) is 12.1 Å². The maximum absolute atomic E-state index is 13.1. The van der Waals surface area contributed by atoms with Gasteiger partial charge in [-0.2, -0.15) is 0 Å². The number of fused-ring (bicyclic) bond motifs is 1. The number of imidazole rings is 1. The molecule has 120 valence electrons. The zero-order valence-corrected chi connectivity index (χ0v) is 12.2. The zero-order chi connectivity index (χ0) is 16.1. The van der Waals surface area contributed by atoms with Crippen molar-refractivity contribution in [2.75, 3.05) is 13.2 Å². The number of rotatable bonds is 7. The van der Waals surface area contributed by atoms with Crippen LogP contribution < -0.4 is 5.32 Å². The molecule has 0 atom stereocenters. The van der Waals surface area contributed by atoms with Gasteiger partial charge >= 0.3 is 0 Å². The van der Waals surface area contributed by atoms with Gasteiger partial charge in [0.15, 0.2) is 0 Å². The zero-order valence-electron chi connectivity index (χ0n) is 12.2. The Labute approximate surface area is 130 Å². The normalized spacial score (nSPS) is 11.0. The minimum atomic E-state index is -0.333. The van der Waals surface area contributed by atoms with E-state index >= 15 is 0 Å². The van der Waals surface area contributed by atoms with Crippen molar-refractivity contribution in [2.45, 2.75) is 13.2 Å². The van der Waals surface area contributed by atoms with Crippen LogP contribution >= 0.6 is 0 Å². The third-order valence-corrected chi connectivity index (χ3v) is 3.10. The lowest BCUT2D eigenvalue weighted by atomic mass is 10.3. The van der Waals surface area contributed by atoms with Gasteiger partial charge in [-0.1, -0.05) is 5.21 Å². The van der Waals surface area contributed by atoms with E-state index in [-0.39, 0.29) is 24.9 Å². The summed E-state index contributed by atoms with van der Waals surface area (Å²) in [7, 11) is 0. The van der Waals surface area contributed by atoms with Gasteiger partial charge in [-0.15, -0.1) is 5.10 Å². The van der Waals surface area contributed by atoms with E-state index in [4.69, 9.17) is 4.74 Å². The summed E-state index contributed by atoms with van der Waals surface area (Å²) < 4.78 is 20.0. The summed E-state index contributed by atoms with van der Waals surface area (Å²) in [6, 6.07) is 4.29. The van der Waals surface area contributed by atoms with Crippen LogP contribution in [-0.4, -0.2) is 44.0 Å². The predicted octanol–water partition coefficient (Wildman–Crippen LogP) is 0.626. The molecule has 0 aliphatic carbocycles. The summed E-state index contributed by atoms with van der Waals surface area (Å²) in [4.78, 5) is 18.8. The van der Waals surface area contributed by atoms with Crippen LogP contribution in [0.3, 0.4) is 0 Å². The fourth-order valence-corrected chi connectivity index (χ4v) is 2.06. The molecule has 3 rings (SSSR count). The number of aromatic amines is 1. The van der Waals surface area contributed by atoms with Crippen LogP contribution in [0.2, 0.25) is 0 Å². The molecule has 2 N–H and O–H groups in total. The highest BCUT2D eigenvalue weighted by Gasteiger charge is 2.06. The molecule has 0 bridgehead atoms. The van der Waals surface area contributed by atoms with Crippen LogP contribution in [0, 0.1) is 5.82 Å². The number of benzene rings is 1. The molecule has 0 aliphatic heterocycles. The number of H-pyrrole nitrogens is 1. The van der Waals surface area contributed by atoms with E-state index in [0.29, 0.717) is 29.9 Å². The molecule has 2 heterocycles. The number of aromatic nitrogens is 5. The Morgan fingerprint density at radius 2 is 2.35 bits per heavy atom. The van der Waals surface area contributed by atoms with Crippen LogP contribution in [0.4, 0.5) is 4.39 Å². The van der Waals surface area contributed by atoms with Crippen LogP contribution in [-0.2, 0) is 22.7 Å². The van der Waals surface area contributed by atoms with E-state index in [0.717, 1.165) is 0 Å². The smallest absolute Gasteiger partial charge is 0.246 e. The van der Waals surface area contributed by atoms with Crippen molar-refractivity contribution in [1.29, 1.82) is 0 Å². The summed E-state index contributed by atoms with van der Waals surface area (Å²) in [5.74, 6) is -0.0198. The monoisotopic (exact) mass is 318 g/mol. The van der Waals surface area contributed by atoms with Crippen molar-refractivity contribution >= 4 is 16.9 Å². The second-order valence-electron chi connectivity index (χ2n) is 4.85. The Morgan fingerprint density at radius 1 is 1.43 bits per heavy atom. The Bertz CT molecular complexity index is 786. The van der Waals surface area contributed by atoms with Gasteiger partial charge in [0.05, 0.1) is 23.8 Å². The molecule has 0 radical (unpaired) electrons. The van der Waals surface area contributed by atoms with Gasteiger partial charge in [0.25, 0.3) is 0 Å². The Balaban J connectivity index is 1.40. The molecule has 0 spiro atoms. The first-order valence-corrected chi connectivity index (χ1v) is 7.03. The third-order valence-electron chi connectivity index (χ3n) is 3.10. The fraction of sp³-hybridized carbons (Fsp3) is 0.286. The topological polar surface area (TPSA) is 97.7 Å². The van der Waals surface area contributed by atoms with E-state index in [1.54, 1.807) is 23.1 Å². The van der Waals surface area contributed by atoms with Crippen LogP contribution in [0.15, 0.2) is 30.6 Å². The quantitative estimate of drug-likeness (QED) is 0.666. The lowest BCUT2D eigenvalue weighted by molar-refractivity contribution is -0.126. The number of hydrogen-bond donors (Lipinski definition) is 2. The average molecular weight is 318 g/mol. The highest BCUT2D eigenvalue weighted by atomic mass is 19.1. The number of amides is 1. The molecular weight excluding hydrogens is 303 g/mol. The average Bonchev–Trinajstić information content (AvgIpc) is 3.16. The van der Waals surface area contributed by atoms with Gasteiger partial charge in [0.2, 0.25) is 5.91 Å². The van der Waals surface area contributed by atoms with Crippen molar-refractivity contribution in [3.63, 3.8) is 0 Å². The van der Waals surface area contributed by atoms with Crippen LogP contribution in [0.1, 0.15) is 5.82 Å². The van der Waals surface area contributed by atoms with Crippen molar-refractivity contribution in [3.05, 3.63) is 42.2 Å². The number of halogens is 1. The van der Waals surface area contributed by atoms with Crippen molar-refractivity contribution in [3.8, 4) is 0 Å². The van der Waals surface area contributed by atoms with Crippen molar-refractivity contribution < 1.29 is 13.9 Å². The minimum absolute atomic E-state index is 0.0806. The maximum atomic E-state index is 13.1. The van der Waals surface area contributed by atoms with Gasteiger partial charge in [-0.3, -0.25) is 9.48 Å². The Hall–Kier alpha value is -2.81. The van der Waals surface area contributed by atoms with Crippen molar-refractivity contribution in [1.82, 2.24) is 30.3 Å². The van der Waals surface area contributed by atoms with E-state index in [2.05, 4.69) is 25.6 Å². The molecule has 3 aromatic rings. The molecule has 1 amide bonds. The second kappa shape index (κ2) is 6.97. The fourth-order valence-electron chi connectivity index (χ4n) is 2.06. The molecule has 0 aliphatic rings. The standard InChI is InChI=1S/C14H15FN6O2/c15-10-1-2-11-12(7-10)19-13(18-11)8-23-9-14(22)16-3-5-21-6-4-17-20-21/h1-2,4,6-7H,3,5,8-9H2,(H,16,22)(H,18,19). The predicted molar refractivity (Wildman–Crippen MR) is 78.7 cm³/mol.